The van der Waals surface area contributed by atoms with Crippen molar-refractivity contribution in [2.24, 2.45) is 7.05 Å². The molecule has 2 aromatic heterocycles. The van der Waals surface area contributed by atoms with Crippen LogP contribution in [-0.4, -0.2) is 20.3 Å². The van der Waals surface area contributed by atoms with Crippen molar-refractivity contribution in [1.29, 1.82) is 0 Å². The molecular weight excluding hydrogens is 408 g/mol. The maximum atomic E-state index is 14.0. The monoisotopic (exact) mass is 429 g/mol. The van der Waals surface area contributed by atoms with E-state index in [1.165, 1.54) is 11.6 Å². The normalized spacial score (nSPS) is 12.7. The summed E-state index contributed by atoms with van der Waals surface area (Å²) >= 11 is 0. The first kappa shape index (κ1) is 20.2. The fourth-order valence-corrected chi connectivity index (χ4v) is 4.39. The van der Waals surface area contributed by atoms with E-state index in [0.29, 0.717) is 5.56 Å². The minimum atomic E-state index is -0.839. The van der Waals surface area contributed by atoms with Crippen molar-refractivity contribution in [2.45, 2.75) is 25.7 Å². The molecule has 1 aliphatic rings. The van der Waals surface area contributed by atoms with Crippen LogP contribution in [0.5, 0.6) is 0 Å². The molecule has 5 rings (SSSR count). The summed E-state index contributed by atoms with van der Waals surface area (Å²) in [5.74, 6) is -1.39. The number of pyridine rings is 1. The quantitative estimate of drug-likeness (QED) is 0.412. The number of aryl methyl sites for hydroxylation is 3. The molecule has 0 atom stereocenters. The zero-order chi connectivity index (χ0) is 22.2. The smallest absolute Gasteiger partial charge is 0.173 e. The molecule has 0 saturated carbocycles. The van der Waals surface area contributed by atoms with Crippen LogP contribution in [0.4, 0.5) is 8.78 Å². The number of benzene rings is 2. The van der Waals surface area contributed by atoms with Crippen LogP contribution in [0.25, 0.3) is 22.6 Å². The number of Topliss-reactive ketones (excluding diaryl/α,β-unsaturated/α-hetero) is 1. The van der Waals surface area contributed by atoms with Gasteiger partial charge in [0.1, 0.15) is 17.5 Å². The van der Waals surface area contributed by atoms with E-state index in [0.717, 1.165) is 59.6 Å². The Balaban J connectivity index is 1.50. The van der Waals surface area contributed by atoms with E-state index in [4.69, 9.17) is 4.98 Å². The van der Waals surface area contributed by atoms with Gasteiger partial charge >= 0.3 is 0 Å². The Morgan fingerprint density at radius 2 is 1.81 bits per heavy atom. The Hall–Kier alpha value is -3.67. The van der Waals surface area contributed by atoms with Gasteiger partial charge in [-0.3, -0.25) is 9.78 Å². The Bertz CT molecular complexity index is 1320. The third-order valence-corrected chi connectivity index (χ3v) is 5.97. The van der Waals surface area contributed by atoms with E-state index in [-0.39, 0.29) is 6.42 Å². The number of hydrogen-bond donors (Lipinski definition) is 0. The molecule has 0 unspecified atom stereocenters. The lowest BCUT2D eigenvalue weighted by molar-refractivity contribution is 0.0985. The first-order valence-corrected chi connectivity index (χ1v) is 10.6. The van der Waals surface area contributed by atoms with Gasteiger partial charge in [0, 0.05) is 43.2 Å². The minimum Gasteiger partial charge on any atom is -0.334 e. The Kier molecular flexibility index (Phi) is 5.13. The van der Waals surface area contributed by atoms with E-state index in [1.807, 2.05) is 23.9 Å². The first-order chi connectivity index (χ1) is 15.5. The molecule has 0 aliphatic heterocycles. The number of imidazole rings is 1. The summed E-state index contributed by atoms with van der Waals surface area (Å²) in [5, 5.41) is 0. The summed E-state index contributed by atoms with van der Waals surface area (Å²) in [4.78, 5) is 21.7. The van der Waals surface area contributed by atoms with Gasteiger partial charge in [0.2, 0.25) is 0 Å². The van der Waals surface area contributed by atoms with Crippen LogP contribution in [0.15, 0.2) is 61.1 Å². The molecule has 1 aliphatic carbocycles. The average molecular weight is 429 g/mol. The van der Waals surface area contributed by atoms with Crippen molar-refractivity contribution < 1.29 is 13.6 Å². The molecular formula is C26H21F2N3O. The number of halogens is 2. The number of fused-ring (bicyclic) bond motifs is 3. The standard InChI is InChI=1S/C26H21F2N3O/c1-31-11-10-29-26(31)19-9-8-17-4-2-5-18-12-16(15-30-25(18)20(17)14-19)13-23(32)24-21(27)6-3-7-22(24)28/h3,6-12,14-15H,2,4-5,13H2,1H3. The summed E-state index contributed by atoms with van der Waals surface area (Å²) in [7, 11) is 1.96. The molecule has 2 aromatic carbocycles. The maximum absolute atomic E-state index is 14.0. The molecule has 0 fully saturated rings. The molecule has 4 aromatic rings. The van der Waals surface area contributed by atoms with E-state index in [2.05, 4.69) is 23.2 Å². The number of ketones is 1. The average Bonchev–Trinajstić information content (AvgIpc) is 3.11. The lowest BCUT2D eigenvalue weighted by atomic mass is 9.96. The molecule has 0 amide bonds. The molecule has 0 N–H and O–H groups in total. The van der Waals surface area contributed by atoms with Crippen molar-refractivity contribution in [3.05, 3.63) is 94.9 Å². The highest BCUT2D eigenvalue weighted by atomic mass is 19.1. The van der Waals surface area contributed by atoms with Gasteiger partial charge in [0.15, 0.2) is 5.78 Å². The zero-order valence-electron chi connectivity index (χ0n) is 17.6. The predicted molar refractivity (Wildman–Crippen MR) is 118 cm³/mol. The van der Waals surface area contributed by atoms with E-state index in [1.54, 1.807) is 12.4 Å². The van der Waals surface area contributed by atoms with Crippen LogP contribution in [0, 0.1) is 11.6 Å². The van der Waals surface area contributed by atoms with Crippen molar-refractivity contribution in [1.82, 2.24) is 14.5 Å². The van der Waals surface area contributed by atoms with Crippen LogP contribution in [-0.2, 0) is 26.3 Å². The Morgan fingerprint density at radius 3 is 2.56 bits per heavy atom. The molecule has 6 heteroatoms. The third-order valence-electron chi connectivity index (χ3n) is 5.97. The second kappa shape index (κ2) is 8.11. The Morgan fingerprint density at radius 1 is 1.03 bits per heavy atom. The summed E-state index contributed by atoms with van der Waals surface area (Å²) in [5.41, 5.74) is 5.40. The summed E-state index contributed by atoms with van der Waals surface area (Å²) in [6.45, 7) is 0. The number of hydrogen-bond acceptors (Lipinski definition) is 3. The van der Waals surface area contributed by atoms with Gasteiger partial charge in [-0.2, -0.15) is 0 Å². The highest BCUT2D eigenvalue weighted by molar-refractivity contribution is 5.98. The van der Waals surface area contributed by atoms with E-state index < -0.39 is 23.0 Å². The summed E-state index contributed by atoms with van der Waals surface area (Å²) in [6, 6.07) is 11.7. The summed E-state index contributed by atoms with van der Waals surface area (Å²) in [6.07, 6.45) is 7.94. The topological polar surface area (TPSA) is 47.8 Å². The van der Waals surface area contributed by atoms with Gasteiger partial charge in [-0.25, -0.2) is 13.8 Å². The maximum Gasteiger partial charge on any atom is 0.173 e. The molecule has 0 spiro atoms. The molecule has 32 heavy (non-hydrogen) atoms. The highest BCUT2D eigenvalue weighted by Gasteiger charge is 2.21. The van der Waals surface area contributed by atoms with Gasteiger partial charge in [-0.05, 0) is 54.2 Å². The third kappa shape index (κ3) is 3.62. The molecule has 2 heterocycles. The largest absolute Gasteiger partial charge is 0.334 e. The van der Waals surface area contributed by atoms with Gasteiger partial charge in [0.25, 0.3) is 0 Å². The lowest BCUT2D eigenvalue weighted by Crippen LogP contribution is -2.10. The van der Waals surface area contributed by atoms with Crippen molar-refractivity contribution in [3.8, 4) is 22.6 Å². The predicted octanol–water partition coefficient (Wildman–Crippen LogP) is 5.34. The second-order valence-electron chi connectivity index (χ2n) is 8.14. The van der Waals surface area contributed by atoms with Crippen molar-refractivity contribution >= 4 is 5.78 Å². The Labute approximate surface area is 184 Å². The number of nitrogens with zero attached hydrogens (tertiary/aromatic N) is 3. The van der Waals surface area contributed by atoms with Crippen LogP contribution < -0.4 is 0 Å². The van der Waals surface area contributed by atoms with Crippen LogP contribution in [0.1, 0.15) is 33.5 Å². The van der Waals surface area contributed by atoms with Crippen LogP contribution >= 0.6 is 0 Å². The minimum absolute atomic E-state index is 0.0989. The molecule has 4 nitrogen and oxygen atoms in total. The number of aromatic nitrogens is 3. The van der Waals surface area contributed by atoms with E-state index >= 15 is 0 Å². The molecule has 0 radical (unpaired) electrons. The first-order valence-electron chi connectivity index (χ1n) is 10.6. The lowest BCUT2D eigenvalue weighted by Gasteiger charge is -2.12. The van der Waals surface area contributed by atoms with Gasteiger partial charge < -0.3 is 4.57 Å². The van der Waals surface area contributed by atoms with Gasteiger partial charge in [-0.1, -0.05) is 24.3 Å². The fourth-order valence-electron chi connectivity index (χ4n) is 4.39. The van der Waals surface area contributed by atoms with Crippen LogP contribution in [0.2, 0.25) is 0 Å². The summed E-state index contributed by atoms with van der Waals surface area (Å²) < 4.78 is 30.0. The van der Waals surface area contributed by atoms with Crippen molar-refractivity contribution in [3.63, 3.8) is 0 Å². The molecule has 0 bridgehead atoms. The van der Waals surface area contributed by atoms with E-state index in [9.17, 15) is 13.6 Å². The molecule has 0 saturated heterocycles. The second-order valence-corrected chi connectivity index (χ2v) is 8.14. The number of carbonyl (C=O) groups is 1. The molecule has 160 valence electrons. The number of carbonyl (C=O) groups excluding carboxylic acids is 1. The number of rotatable bonds is 4. The SMILES string of the molecule is Cn1ccnc1-c1ccc2c(c1)-c1ncc(CC(=O)c3c(F)cccc3F)cc1CCC2. The van der Waals surface area contributed by atoms with Gasteiger partial charge in [0.05, 0.1) is 11.3 Å². The van der Waals surface area contributed by atoms with Gasteiger partial charge in [-0.15, -0.1) is 0 Å². The fraction of sp³-hybridized carbons (Fsp3) is 0.192. The zero-order valence-corrected chi connectivity index (χ0v) is 17.6. The highest BCUT2D eigenvalue weighted by Crippen LogP contribution is 2.34. The van der Waals surface area contributed by atoms with Crippen LogP contribution in [0.3, 0.4) is 0 Å². The van der Waals surface area contributed by atoms with Crippen molar-refractivity contribution in [2.75, 3.05) is 0 Å².